The highest BCUT2D eigenvalue weighted by atomic mass is 16.5. The van der Waals surface area contributed by atoms with E-state index in [2.05, 4.69) is 4.98 Å². The zero-order chi connectivity index (χ0) is 13.2. The van der Waals surface area contributed by atoms with E-state index in [0.717, 1.165) is 11.1 Å². The molecular formula is C15H13NO3. The van der Waals surface area contributed by atoms with Crippen LogP contribution in [0.1, 0.15) is 5.69 Å². The molecule has 4 nitrogen and oxygen atoms in total. The fourth-order valence-corrected chi connectivity index (χ4v) is 2.01. The first-order valence-electron chi connectivity index (χ1n) is 5.94. The fraction of sp³-hybridized carbons (Fsp3) is 0.0667. The summed E-state index contributed by atoms with van der Waals surface area (Å²) in [5.74, 6) is 0.762. The van der Waals surface area contributed by atoms with Crippen molar-refractivity contribution in [2.75, 3.05) is 0 Å². The first kappa shape index (κ1) is 11.5. The summed E-state index contributed by atoms with van der Waals surface area (Å²) in [6.45, 7) is 0.297. The standard InChI is InChI=1S/C15H13NO3/c17-12-5-1-2-7-14(12)19-9-11-8-10-4-3-6-13(18)15(10)16-11/h1-8,16-18H,9H2. The average molecular weight is 255 g/mol. The zero-order valence-electron chi connectivity index (χ0n) is 10.1. The summed E-state index contributed by atoms with van der Waals surface area (Å²) in [5, 5.41) is 20.2. The second-order valence-corrected chi connectivity index (χ2v) is 4.29. The Morgan fingerprint density at radius 2 is 1.74 bits per heavy atom. The molecular weight excluding hydrogens is 242 g/mol. The molecule has 1 heterocycles. The van der Waals surface area contributed by atoms with Crippen molar-refractivity contribution in [3.8, 4) is 17.2 Å². The number of rotatable bonds is 3. The van der Waals surface area contributed by atoms with Gasteiger partial charge < -0.3 is 19.9 Å². The second-order valence-electron chi connectivity index (χ2n) is 4.29. The molecule has 19 heavy (non-hydrogen) atoms. The molecule has 0 fully saturated rings. The number of hydrogen-bond donors (Lipinski definition) is 3. The van der Waals surface area contributed by atoms with E-state index < -0.39 is 0 Å². The lowest BCUT2D eigenvalue weighted by Gasteiger charge is -2.06. The highest BCUT2D eigenvalue weighted by Gasteiger charge is 2.06. The van der Waals surface area contributed by atoms with Crippen LogP contribution in [0.3, 0.4) is 0 Å². The molecule has 0 spiro atoms. The smallest absolute Gasteiger partial charge is 0.161 e. The van der Waals surface area contributed by atoms with Gasteiger partial charge >= 0.3 is 0 Å². The molecule has 0 aliphatic heterocycles. The molecule has 0 amide bonds. The summed E-state index contributed by atoms with van der Waals surface area (Å²) in [6.07, 6.45) is 0. The number of aromatic hydroxyl groups is 2. The monoisotopic (exact) mass is 255 g/mol. The number of aromatic nitrogens is 1. The van der Waals surface area contributed by atoms with Crippen LogP contribution in [0, 0.1) is 0 Å². The molecule has 0 saturated carbocycles. The number of nitrogens with one attached hydrogen (secondary N) is 1. The van der Waals surface area contributed by atoms with Crippen molar-refractivity contribution in [3.63, 3.8) is 0 Å². The lowest BCUT2D eigenvalue weighted by atomic mass is 10.2. The molecule has 96 valence electrons. The summed E-state index contributed by atoms with van der Waals surface area (Å²) in [4.78, 5) is 3.10. The van der Waals surface area contributed by atoms with Gasteiger partial charge in [0.1, 0.15) is 12.4 Å². The Hall–Kier alpha value is -2.62. The Balaban J connectivity index is 1.83. The number of ether oxygens (including phenoxy) is 1. The first-order chi connectivity index (χ1) is 9.24. The molecule has 1 aromatic heterocycles. The minimum absolute atomic E-state index is 0.112. The minimum atomic E-state index is 0.112. The molecule has 2 aromatic carbocycles. The maximum Gasteiger partial charge on any atom is 0.161 e. The quantitative estimate of drug-likeness (QED) is 0.673. The van der Waals surface area contributed by atoms with Gasteiger partial charge in [0.25, 0.3) is 0 Å². The number of phenolic OH excluding ortho intramolecular Hbond substituents is 2. The van der Waals surface area contributed by atoms with E-state index in [1.165, 1.54) is 0 Å². The Bertz CT molecular complexity index is 718. The van der Waals surface area contributed by atoms with Gasteiger partial charge in [0.2, 0.25) is 0 Å². The van der Waals surface area contributed by atoms with Crippen LogP contribution in [0.4, 0.5) is 0 Å². The van der Waals surface area contributed by atoms with Crippen molar-refractivity contribution >= 4 is 10.9 Å². The van der Waals surface area contributed by atoms with E-state index in [1.807, 2.05) is 12.1 Å². The summed E-state index contributed by atoms with van der Waals surface area (Å²) in [6, 6.07) is 14.1. The van der Waals surface area contributed by atoms with Crippen LogP contribution < -0.4 is 4.74 Å². The highest BCUT2D eigenvalue weighted by molar-refractivity contribution is 5.85. The summed E-state index contributed by atoms with van der Waals surface area (Å²) >= 11 is 0. The van der Waals surface area contributed by atoms with Crippen LogP contribution in [0.25, 0.3) is 10.9 Å². The molecule has 0 aliphatic rings. The van der Waals surface area contributed by atoms with Crippen LogP contribution in [-0.2, 0) is 6.61 Å². The van der Waals surface area contributed by atoms with Crippen molar-refractivity contribution < 1.29 is 14.9 Å². The van der Waals surface area contributed by atoms with Crippen LogP contribution in [0.5, 0.6) is 17.2 Å². The lowest BCUT2D eigenvalue weighted by Crippen LogP contribution is -1.95. The summed E-state index contributed by atoms with van der Waals surface area (Å²) in [5.41, 5.74) is 1.53. The van der Waals surface area contributed by atoms with E-state index in [-0.39, 0.29) is 11.5 Å². The van der Waals surface area contributed by atoms with Gasteiger partial charge in [-0.05, 0) is 24.3 Å². The largest absolute Gasteiger partial charge is 0.506 e. The number of para-hydroxylation sites is 3. The third-order valence-corrected chi connectivity index (χ3v) is 2.94. The fourth-order valence-electron chi connectivity index (χ4n) is 2.01. The zero-order valence-corrected chi connectivity index (χ0v) is 10.1. The van der Waals surface area contributed by atoms with Crippen molar-refractivity contribution in [1.29, 1.82) is 0 Å². The maximum atomic E-state index is 9.70. The number of phenols is 2. The molecule has 0 bridgehead atoms. The third-order valence-electron chi connectivity index (χ3n) is 2.94. The van der Waals surface area contributed by atoms with Crippen LogP contribution in [0.2, 0.25) is 0 Å². The van der Waals surface area contributed by atoms with E-state index in [1.54, 1.807) is 36.4 Å². The maximum absolute atomic E-state index is 9.70. The van der Waals surface area contributed by atoms with Gasteiger partial charge in [0.15, 0.2) is 11.5 Å². The van der Waals surface area contributed by atoms with Crippen LogP contribution in [0.15, 0.2) is 48.5 Å². The third kappa shape index (κ3) is 2.20. The SMILES string of the molecule is Oc1ccccc1OCc1cc2cccc(O)c2[nH]1. The molecule has 0 saturated heterocycles. The lowest BCUT2D eigenvalue weighted by molar-refractivity contribution is 0.285. The van der Waals surface area contributed by atoms with Gasteiger partial charge in [-0.1, -0.05) is 24.3 Å². The molecule has 3 rings (SSSR count). The van der Waals surface area contributed by atoms with Gasteiger partial charge in [-0.2, -0.15) is 0 Å². The Morgan fingerprint density at radius 1 is 0.947 bits per heavy atom. The van der Waals surface area contributed by atoms with E-state index in [0.29, 0.717) is 17.9 Å². The van der Waals surface area contributed by atoms with Crippen molar-refractivity contribution in [1.82, 2.24) is 4.98 Å². The van der Waals surface area contributed by atoms with E-state index in [4.69, 9.17) is 4.74 Å². The molecule has 4 heteroatoms. The van der Waals surface area contributed by atoms with Gasteiger partial charge in [-0.3, -0.25) is 0 Å². The normalized spacial score (nSPS) is 10.7. The van der Waals surface area contributed by atoms with E-state index >= 15 is 0 Å². The van der Waals surface area contributed by atoms with Crippen molar-refractivity contribution in [3.05, 3.63) is 54.2 Å². The van der Waals surface area contributed by atoms with Crippen LogP contribution >= 0.6 is 0 Å². The number of fused-ring (bicyclic) bond motifs is 1. The number of benzene rings is 2. The van der Waals surface area contributed by atoms with Gasteiger partial charge in [0.05, 0.1) is 11.2 Å². The van der Waals surface area contributed by atoms with Gasteiger partial charge in [-0.25, -0.2) is 0 Å². The molecule has 0 aliphatic carbocycles. The molecule has 3 N–H and O–H groups in total. The molecule has 3 aromatic rings. The minimum Gasteiger partial charge on any atom is -0.506 e. The Labute approximate surface area is 109 Å². The van der Waals surface area contributed by atoms with Crippen molar-refractivity contribution in [2.45, 2.75) is 6.61 Å². The van der Waals surface area contributed by atoms with Gasteiger partial charge in [0, 0.05) is 5.39 Å². The summed E-state index contributed by atoms with van der Waals surface area (Å²) < 4.78 is 5.53. The average Bonchev–Trinajstić information content (AvgIpc) is 2.82. The summed E-state index contributed by atoms with van der Waals surface area (Å²) in [7, 11) is 0. The predicted molar refractivity (Wildman–Crippen MR) is 72.4 cm³/mol. The second kappa shape index (κ2) is 4.57. The molecule has 0 unspecified atom stereocenters. The topological polar surface area (TPSA) is 65.5 Å². The highest BCUT2D eigenvalue weighted by Crippen LogP contribution is 2.27. The van der Waals surface area contributed by atoms with Crippen molar-refractivity contribution in [2.24, 2.45) is 0 Å². The Morgan fingerprint density at radius 3 is 2.53 bits per heavy atom. The first-order valence-corrected chi connectivity index (χ1v) is 5.94. The number of hydrogen-bond acceptors (Lipinski definition) is 3. The molecule has 0 radical (unpaired) electrons. The number of aromatic amines is 1. The van der Waals surface area contributed by atoms with E-state index in [9.17, 15) is 10.2 Å². The van der Waals surface area contributed by atoms with Gasteiger partial charge in [-0.15, -0.1) is 0 Å². The Kier molecular flexibility index (Phi) is 2.76. The predicted octanol–water partition coefficient (Wildman–Crippen LogP) is 3.16. The number of H-pyrrole nitrogens is 1. The van der Waals surface area contributed by atoms with Crippen LogP contribution in [-0.4, -0.2) is 15.2 Å². The molecule has 0 atom stereocenters.